The van der Waals surface area contributed by atoms with Crippen LogP contribution in [0.5, 0.6) is 0 Å². The zero-order chi connectivity index (χ0) is 19.0. The van der Waals surface area contributed by atoms with Crippen molar-refractivity contribution in [2.45, 2.75) is 32.2 Å². The highest BCUT2D eigenvalue weighted by molar-refractivity contribution is 7.12. The quantitative estimate of drug-likeness (QED) is 0.816. The molecule has 3 heterocycles. The number of carbonyl (C=O) groups is 2. The first kappa shape index (κ1) is 18.2. The highest BCUT2D eigenvalue weighted by Gasteiger charge is 2.31. The number of amides is 2. The number of nitrogens with zero attached hydrogens (tertiary/aromatic N) is 3. The molecule has 5 nitrogen and oxygen atoms in total. The molecule has 0 spiro atoms. The van der Waals surface area contributed by atoms with Gasteiger partial charge >= 0.3 is 0 Å². The molecule has 4 rings (SSSR count). The fraction of sp³-hybridized carbons (Fsp3) is 0.429. The van der Waals surface area contributed by atoms with Crippen molar-refractivity contribution in [3.05, 3.63) is 46.2 Å². The van der Waals surface area contributed by atoms with E-state index in [4.69, 9.17) is 0 Å². The lowest BCUT2D eigenvalue weighted by molar-refractivity contribution is -0.116. The molecule has 2 aromatic rings. The predicted molar refractivity (Wildman–Crippen MR) is 110 cm³/mol. The first-order valence-electron chi connectivity index (χ1n) is 9.51. The smallest absolute Gasteiger partial charge is 0.268 e. The van der Waals surface area contributed by atoms with Crippen molar-refractivity contribution in [3.8, 4) is 0 Å². The second kappa shape index (κ2) is 7.44. The monoisotopic (exact) mass is 383 g/mol. The zero-order valence-corrected chi connectivity index (χ0v) is 16.7. The average Bonchev–Trinajstić information content (AvgIpc) is 3.33. The van der Waals surface area contributed by atoms with Crippen LogP contribution in [0.15, 0.2) is 35.7 Å². The number of fused-ring (bicyclic) bond motifs is 1. The zero-order valence-electron chi connectivity index (χ0n) is 15.9. The molecule has 1 fully saturated rings. The van der Waals surface area contributed by atoms with E-state index in [0.717, 1.165) is 55.1 Å². The van der Waals surface area contributed by atoms with Crippen LogP contribution in [-0.4, -0.2) is 49.4 Å². The van der Waals surface area contributed by atoms with Crippen molar-refractivity contribution < 1.29 is 9.59 Å². The van der Waals surface area contributed by atoms with E-state index >= 15 is 0 Å². The maximum Gasteiger partial charge on any atom is 0.268 e. The molecule has 0 unspecified atom stereocenters. The van der Waals surface area contributed by atoms with E-state index in [0.29, 0.717) is 0 Å². The molecule has 0 aliphatic carbocycles. The minimum absolute atomic E-state index is 0.0568. The molecule has 27 heavy (non-hydrogen) atoms. The van der Waals surface area contributed by atoms with E-state index in [1.54, 1.807) is 6.92 Å². The van der Waals surface area contributed by atoms with Gasteiger partial charge in [-0.05, 0) is 68.5 Å². The summed E-state index contributed by atoms with van der Waals surface area (Å²) in [5, 5.41) is 1.94. The van der Waals surface area contributed by atoms with E-state index < -0.39 is 0 Å². The van der Waals surface area contributed by atoms with Crippen LogP contribution in [0.2, 0.25) is 0 Å². The van der Waals surface area contributed by atoms with Gasteiger partial charge in [0.1, 0.15) is 0 Å². The summed E-state index contributed by atoms with van der Waals surface area (Å²) in [7, 11) is 2.13. The maximum atomic E-state index is 13.3. The molecule has 2 aliphatic rings. The number of hydrogen-bond donors (Lipinski definition) is 0. The molecule has 2 aliphatic heterocycles. The Kier molecular flexibility index (Phi) is 5.02. The summed E-state index contributed by atoms with van der Waals surface area (Å²) >= 11 is 1.48. The van der Waals surface area contributed by atoms with Crippen molar-refractivity contribution in [2.75, 3.05) is 36.5 Å². The topological polar surface area (TPSA) is 43.9 Å². The lowest BCUT2D eigenvalue weighted by atomic mass is 10.0. The number of anilines is 2. The van der Waals surface area contributed by atoms with E-state index in [1.165, 1.54) is 16.9 Å². The third-order valence-electron chi connectivity index (χ3n) is 5.63. The number of benzene rings is 1. The first-order valence-corrected chi connectivity index (χ1v) is 10.4. The van der Waals surface area contributed by atoms with Gasteiger partial charge in [0.15, 0.2) is 0 Å². The Morgan fingerprint density at radius 2 is 1.93 bits per heavy atom. The minimum atomic E-state index is 0.0568. The van der Waals surface area contributed by atoms with Gasteiger partial charge in [-0.3, -0.25) is 9.59 Å². The molecule has 0 N–H and O–H groups in total. The van der Waals surface area contributed by atoms with E-state index in [9.17, 15) is 9.59 Å². The fourth-order valence-electron chi connectivity index (χ4n) is 4.11. The Bertz CT molecular complexity index is 841. The molecule has 1 aromatic carbocycles. The fourth-order valence-corrected chi connectivity index (χ4v) is 4.77. The molecule has 0 bridgehead atoms. The molecule has 0 saturated carbocycles. The number of rotatable bonds is 3. The van der Waals surface area contributed by atoms with Gasteiger partial charge < -0.3 is 14.7 Å². The number of piperidine rings is 1. The van der Waals surface area contributed by atoms with Crippen LogP contribution in [-0.2, 0) is 11.2 Å². The van der Waals surface area contributed by atoms with Crippen molar-refractivity contribution in [3.63, 3.8) is 0 Å². The van der Waals surface area contributed by atoms with Gasteiger partial charge in [-0.25, -0.2) is 0 Å². The van der Waals surface area contributed by atoms with Crippen molar-refractivity contribution in [1.82, 2.24) is 4.90 Å². The SMILES string of the molecule is CC(=O)N1CCc2ccc(N(C(=O)c3cccs3)C3CCN(C)CC3)cc21. The van der Waals surface area contributed by atoms with Gasteiger partial charge in [-0.1, -0.05) is 12.1 Å². The number of likely N-dealkylation sites (tertiary alicyclic amines) is 1. The van der Waals surface area contributed by atoms with Gasteiger partial charge in [-0.2, -0.15) is 0 Å². The Balaban J connectivity index is 1.72. The van der Waals surface area contributed by atoms with E-state index in [1.807, 2.05) is 39.4 Å². The van der Waals surface area contributed by atoms with Crippen molar-refractivity contribution >= 4 is 34.5 Å². The van der Waals surface area contributed by atoms with Gasteiger partial charge in [-0.15, -0.1) is 11.3 Å². The Morgan fingerprint density at radius 3 is 2.59 bits per heavy atom. The standard InChI is InChI=1S/C21H25N3O2S/c1-15(25)23-12-7-16-5-6-18(14-19(16)23)24(17-8-10-22(2)11-9-17)21(26)20-4-3-13-27-20/h3-6,13-14,17H,7-12H2,1-2H3. The molecular formula is C21H25N3O2S. The maximum absolute atomic E-state index is 13.3. The summed E-state index contributed by atoms with van der Waals surface area (Å²) in [5.74, 6) is 0.119. The van der Waals surface area contributed by atoms with Crippen molar-refractivity contribution in [1.29, 1.82) is 0 Å². The van der Waals surface area contributed by atoms with Gasteiger partial charge in [0.05, 0.1) is 4.88 Å². The van der Waals surface area contributed by atoms with Gasteiger partial charge in [0, 0.05) is 30.9 Å². The van der Waals surface area contributed by atoms with E-state index in [2.05, 4.69) is 18.0 Å². The average molecular weight is 384 g/mol. The predicted octanol–water partition coefficient (Wildman–Crippen LogP) is 3.40. The molecule has 6 heteroatoms. The molecule has 1 saturated heterocycles. The van der Waals surface area contributed by atoms with Gasteiger partial charge in [0.25, 0.3) is 5.91 Å². The normalized spacial score (nSPS) is 17.8. The molecule has 2 amide bonds. The van der Waals surface area contributed by atoms with Crippen LogP contribution in [0.4, 0.5) is 11.4 Å². The van der Waals surface area contributed by atoms with Crippen LogP contribution in [0.3, 0.4) is 0 Å². The van der Waals surface area contributed by atoms with Gasteiger partial charge in [0.2, 0.25) is 5.91 Å². The highest BCUT2D eigenvalue weighted by Crippen LogP contribution is 2.35. The first-order chi connectivity index (χ1) is 13.0. The summed E-state index contributed by atoms with van der Waals surface area (Å²) in [6.45, 7) is 4.31. The number of carbonyl (C=O) groups excluding carboxylic acids is 2. The lowest BCUT2D eigenvalue weighted by Gasteiger charge is -2.37. The third kappa shape index (κ3) is 3.51. The minimum Gasteiger partial charge on any atom is -0.312 e. The highest BCUT2D eigenvalue weighted by atomic mass is 32.1. The molecule has 142 valence electrons. The summed E-state index contributed by atoms with van der Waals surface area (Å²) in [5.41, 5.74) is 3.03. The third-order valence-corrected chi connectivity index (χ3v) is 6.48. The second-order valence-electron chi connectivity index (χ2n) is 7.42. The summed E-state index contributed by atoms with van der Waals surface area (Å²) < 4.78 is 0. The van der Waals surface area contributed by atoms with E-state index in [-0.39, 0.29) is 17.9 Å². The van der Waals surface area contributed by atoms with Crippen LogP contribution in [0, 0.1) is 0 Å². The summed E-state index contributed by atoms with van der Waals surface area (Å²) in [6.07, 6.45) is 2.80. The van der Waals surface area contributed by atoms with Crippen LogP contribution in [0.1, 0.15) is 35.0 Å². The number of hydrogen-bond acceptors (Lipinski definition) is 4. The summed E-state index contributed by atoms with van der Waals surface area (Å²) in [6, 6.07) is 10.2. The summed E-state index contributed by atoms with van der Waals surface area (Å²) in [4.78, 5) is 32.2. The van der Waals surface area contributed by atoms with Crippen LogP contribution in [0.25, 0.3) is 0 Å². The molecule has 0 atom stereocenters. The number of thiophene rings is 1. The lowest BCUT2D eigenvalue weighted by Crippen LogP contribution is -2.46. The molecule has 1 aromatic heterocycles. The Morgan fingerprint density at radius 1 is 1.15 bits per heavy atom. The molecular weight excluding hydrogens is 358 g/mol. The Hall–Kier alpha value is -2.18. The van der Waals surface area contributed by atoms with Crippen LogP contribution >= 0.6 is 11.3 Å². The van der Waals surface area contributed by atoms with Crippen LogP contribution < -0.4 is 9.80 Å². The van der Waals surface area contributed by atoms with Crippen molar-refractivity contribution in [2.24, 2.45) is 0 Å². The second-order valence-corrected chi connectivity index (χ2v) is 8.37. The Labute approximate surface area is 164 Å². The largest absolute Gasteiger partial charge is 0.312 e. The molecule has 0 radical (unpaired) electrons.